The summed E-state index contributed by atoms with van der Waals surface area (Å²) in [5.74, 6) is -1.25. The lowest BCUT2D eigenvalue weighted by Gasteiger charge is -2.21. The van der Waals surface area contributed by atoms with E-state index in [1.54, 1.807) is 7.11 Å². The molecule has 1 aromatic rings. The minimum absolute atomic E-state index is 0.188. The lowest BCUT2D eigenvalue weighted by atomic mass is 9.97. The Hall–Kier alpha value is -2.78. The molecule has 5 amide bonds. The van der Waals surface area contributed by atoms with Crippen molar-refractivity contribution in [2.45, 2.75) is 19.3 Å². The summed E-state index contributed by atoms with van der Waals surface area (Å²) < 4.78 is 4.95. The van der Waals surface area contributed by atoms with Crippen molar-refractivity contribution >= 4 is 29.4 Å². The van der Waals surface area contributed by atoms with Crippen molar-refractivity contribution in [1.29, 1.82) is 0 Å². The summed E-state index contributed by atoms with van der Waals surface area (Å²) in [7, 11) is 1.56. The summed E-state index contributed by atoms with van der Waals surface area (Å²) in [6.45, 7) is 2.22. The van der Waals surface area contributed by atoms with Crippen molar-refractivity contribution in [2.75, 3.05) is 38.7 Å². The highest BCUT2D eigenvalue weighted by Crippen LogP contribution is 2.26. The molecule has 1 aromatic carbocycles. The molecular weight excluding hydrogens is 364 g/mol. The average molecular weight is 388 g/mol. The van der Waals surface area contributed by atoms with E-state index in [1.165, 1.54) is 23.1 Å². The van der Waals surface area contributed by atoms with Crippen molar-refractivity contribution in [3.05, 3.63) is 29.3 Å². The van der Waals surface area contributed by atoms with Crippen LogP contribution in [0.2, 0.25) is 0 Å². The van der Waals surface area contributed by atoms with Gasteiger partial charge in [-0.1, -0.05) is 0 Å². The second kappa shape index (κ2) is 8.94. The Kier molecular flexibility index (Phi) is 6.37. The summed E-state index contributed by atoms with van der Waals surface area (Å²) in [4.78, 5) is 50.3. The lowest BCUT2D eigenvalue weighted by molar-refractivity contribution is -0.124. The third kappa shape index (κ3) is 4.37. The van der Waals surface area contributed by atoms with E-state index in [9.17, 15) is 19.2 Å². The molecule has 1 fully saturated rings. The van der Waals surface area contributed by atoms with Gasteiger partial charge in [0.1, 0.15) is 0 Å². The number of ether oxygens (including phenoxy) is 1. The standard InChI is InChI=1S/C19H24N4O5/c1-28-10-2-9-23-17(25)14-4-3-13(11-15(14)18(23)26)21-19(27)22-16(24)12-5-7-20-8-6-12/h3-4,11-12,20H,2,5-10H2,1H3,(H2,21,22,24,27). The smallest absolute Gasteiger partial charge is 0.325 e. The van der Waals surface area contributed by atoms with Gasteiger partial charge in [-0.25, -0.2) is 4.79 Å². The molecule has 9 nitrogen and oxygen atoms in total. The maximum atomic E-state index is 12.5. The van der Waals surface area contributed by atoms with E-state index in [0.717, 1.165) is 13.1 Å². The number of methoxy groups -OCH3 is 1. The molecule has 0 unspecified atom stereocenters. The van der Waals surface area contributed by atoms with Crippen LogP contribution in [0.1, 0.15) is 40.0 Å². The van der Waals surface area contributed by atoms with Crippen LogP contribution >= 0.6 is 0 Å². The number of rotatable bonds is 6. The molecule has 0 radical (unpaired) electrons. The van der Waals surface area contributed by atoms with Crippen LogP contribution in [-0.2, 0) is 9.53 Å². The number of piperidine rings is 1. The minimum atomic E-state index is -0.655. The third-order valence-corrected chi connectivity index (χ3v) is 4.91. The molecule has 150 valence electrons. The molecule has 0 saturated carbocycles. The first kappa shape index (κ1) is 20.0. The zero-order chi connectivity index (χ0) is 20.1. The molecule has 28 heavy (non-hydrogen) atoms. The molecule has 0 aromatic heterocycles. The molecule has 0 bridgehead atoms. The van der Waals surface area contributed by atoms with Crippen LogP contribution in [0.3, 0.4) is 0 Å². The second-order valence-corrected chi connectivity index (χ2v) is 6.84. The van der Waals surface area contributed by atoms with Gasteiger partial charge in [-0.2, -0.15) is 0 Å². The number of fused-ring (bicyclic) bond motifs is 1. The molecule has 2 heterocycles. The minimum Gasteiger partial charge on any atom is -0.385 e. The van der Waals surface area contributed by atoms with Crippen LogP contribution in [0, 0.1) is 5.92 Å². The summed E-state index contributed by atoms with van der Waals surface area (Å²) in [5.41, 5.74) is 0.887. The molecule has 0 spiro atoms. The first-order chi connectivity index (χ1) is 13.5. The van der Waals surface area contributed by atoms with Gasteiger partial charge in [0.2, 0.25) is 5.91 Å². The number of anilines is 1. The fraction of sp³-hybridized carbons (Fsp3) is 0.474. The largest absolute Gasteiger partial charge is 0.385 e. The fourth-order valence-electron chi connectivity index (χ4n) is 3.40. The van der Waals surface area contributed by atoms with Crippen LogP contribution in [-0.4, -0.2) is 62.0 Å². The number of amides is 5. The van der Waals surface area contributed by atoms with Gasteiger partial charge in [-0.3, -0.25) is 24.6 Å². The summed E-state index contributed by atoms with van der Waals surface area (Å²) in [6, 6.07) is 3.85. The maximum absolute atomic E-state index is 12.5. The normalized spacial score (nSPS) is 16.8. The third-order valence-electron chi connectivity index (χ3n) is 4.91. The van der Waals surface area contributed by atoms with E-state index in [0.29, 0.717) is 37.1 Å². The zero-order valence-corrected chi connectivity index (χ0v) is 15.7. The van der Waals surface area contributed by atoms with E-state index in [4.69, 9.17) is 4.74 Å². The van der Waals surface area contributed by atoms with Gasteiger partial charge in [-0.05, 0) is 50.6 Å². The number of carbonyl (C=O) groups excluding carboxylic acids is 4. The zero-order valence-electron chi connectivity index (χ0n) is 15.7. The number of nitrogens with one attached hydrogen (secondary N) is 3. The SMILES string of the molecule is COCCCN1C(=O)c2ccc(NC(=O)NC(=O)C3CCNCC3)cc2C1=O. The Morgan fingerprint density at radius 1 is 1.18 bits per heavy atom. The number of hydrogen-bond acceptors (Lipinski definition) is 6. The predicted octanol–water partition coefficient (Wildman–Crippen LogP) is 0.967. The molecule has 9 heteroatoms. The fourth-order valence-corrected chi connectivity index (χ4v) is 3.40. The Labute approximate surface area is 162 Å². The van der Waals surface area contributed by atoms with E-state index in [-0.39, 0.29) is 29.8 Å². The number of nitrogens with zero attached hydrogens (tertiary/aromatic N) is 1. The number of imide groups is 2. The Balaban J connectivity index is 1.61. The topological polar surface area (TPSA) is 117 Å². The second-order valence-electron chi connectivity index (χ2n) is 6.84. The molecule has 1 saturated heterocycles. The predicted molar refractivity (Wildman–Crippen MR) is 101 cm³/mol. The van der Waals surface area contributed by atoms with Crippen molar-refractivity contribution in [3.8, 4) is 0 Å². The Bertz CT molecular complexity index is 789. The number of hydrogen-bond donors (Lipinski definition) is 3. The highest BCUT2D eigenvalue weighted by Gasteiger charge is 2.35. The van der Waals surface area contributed by atoms with Crippen molar-refractivity contribution in [1.82, 2.24) is 15.5 Å². The van der Waals surface area contributed by atoms with Crippen LogP contribution in [0.25, 0.3) is 0 Å². The van der Waals surface area contributed by atoms with E-state index >= 15 is 0 Å². The van der Waals surface area contributed by atoms with Crippen molar-refractivity contribution in [3.63, 3.8) is 0 Å². The maximum Gasteiger partial charge on any atom is 0.325 e. The van der Waals surface area contributed by atoms with Gasteiger partial charge >= 0.3 is 6.03 Å². The van der Waals surface area contributed by atoms with Gasteiger partial charge in [0.25, 0.3) is 11.8 Å². The van der Waals surface area contributed by atoms with Gasteiger partial charge in [0.05, 0.1) is 11.1 Å². The van der Waals surface area contributed by atoms with Gasteiger partial charge in [0.15, 0.2) is 0 Å². The van der Waals surface area contributed by atoms with Gasteiger partial charge in [0, 0.05) is 31.9 Å². The molecule has 0 aliphatic carbocycles. The van der Waals surface area contributed by atoms with Gasteiger partial charge in [-0.15, -0.1) is 0 Å². The summed E-state index contributed by atoms with van der Waals surface area (Å²) >= 11 is 0. The monoisotopic (exact) mass is 388 g/mol. The molecule has 2 aliphatic heterocycles. The molecule has 3 rings (SSSR count). The average Bonchev–Trinajstić information content (AvgIpc) is 2.93. The molecule has 3 N–H and O–H groups in total. The van der Waals surface area contributed by atoms with E-state index in [1.807, 2.05) is 0 Å². The quantitative estimate of drug-likeness (QED) is 0.494. The first-order valence-electron chi connectivity index (χ1n) is 9.33. The van der Waals surface area contributed by atoms with Crippen LogP contribution < -0.4 is 16.0 Å². The first-order valence-corrected chi connectivity index (χ1v) is 9.33. The Morgan fingerprint density at radius 2 is 1.89 bits per heavy atom. The van der Waals surface area contributed by atoms with E-state index in [2.05, 4.69) is 16.0 Å². The number of urea groups is 1. The summed E-state index contributed by atoms with van der Waals surface area (Å²) in [5, 5.41) is 8.05. The van der Waals surface area contributed by atoms with Crippen molar-refractivity contribution in [2.24, 2.45) is 5.92 Å². The van der Waals surface area contributed by atoms with Crippen LogP contribution in [0.5, 0.6) is 0 Å². The summed E-state index contributed by atoms with van der Waals surface area (Å²) in [6.07, 6.45) is 1.93. The van der Waals surface area contributed by atoms with Gasteiger partial charge < -0.3 is 15.4 Å². The van der Waals surface area contributed by atoms with Crippen molar-refractivity contribution < 1.29 is 23.9 Å². The van der Waals surface area contributed by atoms with E-state index < -0.39 is 11.9 Å². The lowest BCUT2D eigenvalue weighted by Crippen LogP contribution is -2.42. The molecule has 2 aliphatic rings. The van der Waals surface area contributed by atoms with Crippen LogP contribution in [0.4, 0.5) is 10.5 Å². The van der Waals surface area contributed by atoms with Crippen LogP contribution in [0.15, 0.2) is 18.2 Å². The molecular formula is C19H24N4O5. The number of carbonyl (C=O) groups is 4. The highest BCUT2D eigenvalue weighted by atomic mass is 16.5. The highest BCUT2D eigenvalue weighted by molar-refractivity contribution is 6.22. The molecule has 0 atom stereocenters. The Morgan fingerprint density at radius 3 is 2.61 bits per heavy atom. The number of benzene rings is 1.